The number of nitrogens with zero attached hydrogens (tertiary/aromatic N) is 4. The molecule has 0 fully saturated rings. The topological polar surface area (TPSA) is 69.9 Å². The minimum absolute atomic E-state index is 0.505. The molecule has 0 bridgehead atoms. The predicted octanol–water partition coefficient (Wildman–Crippen LogP) is 15.7. The van der Waals surface area contributed by atoms with E-state index in [1.165, 1.54) is 10.8 Å². The highest BCUT2D eigenvalue weighted by atomic mass is 16.3. The molecule has 0 amide bonds. The molecule has 10 aromatic carbocycles. The fourth-order valence-electron chi connectivity index (χ4n) is 9.88. The molecule has 0 radical (unpaired) electrons. The van der Waals surface area contributed by atoms with Gasteiger partial charge in [-0.05, 0) is 99.4 Å². The summed E-state index contributed by atoms with van der Waals surface area (Å²) in [6.07, 6.45) is 0. The molecular formula is C59H34N4O2. The normalized spacial score (nSPS) is 12.0. The molecule has 0 N–H and O–H groups in total. The van der Waals surface area contributed by atoms with Crippen LogP contribution in [0.5, 0.6) is 0 Å². The Kier molecular flexibility index (Phi) is 7.59. The zero-order chi connectivity index (χ0) is 42.6. The Bertz CT molecular complexity index is 4140. The minimum atomic E-state index is 0.505. The van der Waals surface area contributed by atoms with Crippen LogP contribution in [0.25, 0.3) is 138 Å². The minimum Gasteiger partial charge on any atom is -0.456 e. The lowest BCUT2D eigenvalue weighted by Crippen LogP contribution is -2.04. The average molecular weight is 831 g/mol. The van der Waals surface area contributed by atoms with Crippen molar-refractivity contribution in [3.8, 4) is 51.0 Å². The third-order valence-electron chi connectivity index (χ3n) is 13.0. The van der Waals surface area contributed by atoms with Crippen molar-refractivity contribution in [2.24, 2.45) is 0 Å². The Hall–Kier alpha value is -8.87. The predicted molar refractivity (Wildman–Crippen MR) is 265 cm³/mol. The summed E-state index contributed by atoms with van der Waals surface area (Å²) in [6, 6.07) is 72.3. The number of benzene rings is 10. The zero-order valence-corrected chi connectivity index (χ0v) is 34.7. The first kappa shape index (κ1) is 35.7. The van der Waals surface area contributed by atoms with E-state index < -0.39 is 0 Å². The molecule has 0 aliphatic rings. The summed E-state index contributed by atoms with van der Waals surface area (Å²) in [5.74, 6) is 1.60. The van der Waals surface area contributed by atoms with Crippen LogP contribution in [0.15, 0.2) is 215 Å². The maximum atomic E-state index is 6.97. The second-order valence-electron chi connectivity index (χ2n) is 16.8. The van der Waals surface area contributed by atoms with E-state index in [9.17, 15) is 0 Å². The number of hydrogen-bond acceptors (Lipinski definition) is 5. The molecule has 4 heterocycles. The van der Waals surface area contributed by atoms with Gasteiger partial charge in [0.25, 0.3) is 0 Å². The van der Waals surface area contributed by atoms with Gasteiger partial charge in [0.2, 0.25) is 0 Å². The van der Waals surface area contributed by atoms with Crippen LogP contribution in [0.1, 0.15) is 0 Å². The summed E-state index contributed by atoms with van der Waals surface area (Å²) < 4.78 is 15.6. The molecule has 65 heavy (non-hydrogen) atoms. The summed E-state index contributed by atoms with van der Waals surface area (Å²) in [7, 11) is 0. The third-order valence-corrected chi connectivity index (χ3v) is 13.0. The van der Waals surface area contributed by atoms with Crippen molar-refractivity contribution in [3.63, 3.8) is 0 Å². The van der Waals surface area contributed by atoms with Crippen LogP contribution in [0.4, 0.5) is 0 Å². The molecule has 14 aromatic rings. The van der Waals surface area contributed by atoms with Gasteiger partial charge >= 0.3 is 0 Å². The summed E-state index contributed by atoms with van der Waals surface area (Å²) in [4.78, 5) is 16.2. The Morgan fingerprint density at radius 1 is 0.308 bits per heavy atom. The van der Waals surface area contributed by atoms with E-state index in [0.29, 0.717) is 23.1 Å². The van der Waals surface area contributed by atoms with Crippen LogP contribution in [0.2, 0.25) is 0 Å². The monoisotopic (exact) mass is 830 g/mol. The summed E-state index contributed by atoms with van der Waals surface area (Å²) in [5, 5.41) is 11.1. The molecule has 4 aromatic heterocycles. The molecule has 0 unspecified atom stereocenters. The smallest absolute Gasteiger partial charge is 0.170 e. The Labute approximate surface area is 371 Å². The van der Waals surface area contributed by atoms with Crippen LogP contribution < -0.4 is 0 Å². The van der Waals surface area contributed by atoms with Gasteiger partial charge in [0.05, 0.1) is 22.3 Å². The van der Waals surface area contributed by atoms with E-state index in [1.54, 1.807) is 0 Å². The summed E-state index contributed by atoms with van der Waals surface area (Å²) >= 11 is 0. The maximum absolute atomic E-state index is 6.97. The lowest BCUT2D eigenvalue weighted by molar-refractivity contribution is 0.669. The molecule has 0 aliphatic carbocycles. The lowest BCUT2D eigenvalue weighted by Gasteiger charge is -2.16. The van der Waals surface area contributed by atoms with E-state index in [-0.39, 0.29) is 0 Å². The highest BCUT2D eigenvalue weighted by Gasteiger charge is 2.25. The largest absolute Gasteiger partial charge is 0.456 e. The van der Waals surface area contributed by atoms with Gasteiger partial charge in [0, 0.05) is 43.4 Å². The number of rotatable bonds is 5. The van der Waals surface area contributed by atoms with Crippen molar-refractivity contribution in [2.75, 3.05) is 0 Å². The first-order valence-electron chi connectivity index (χ1n) is 21.8. The fraction of sp³-hybridized carbons (Fsp3) is 0. The van der Waals surface area contributed by atoms with Gasteiger partial charge in [0.15, 0.2) is 17.5 Å². The summed E-state index contributed by atoms with van der Waals surface area (Å²) in [6.45, 7) is 0. The van der Waals surface area contributed by atoms with E-state index >= 15 is 0 Å². The number of fused-ring (bicyclic) bond motifs is 11. The van der Waals surface area contributed by atoms with Gasteiger partial charge in [-0.15, -0.1) is 0 Å². The van der Waals surface area contributed by atoms with Gasteiger partial charge < -0.3 is 13.4 Å². The van der Waals surface area contributed by atoms with Gasteiger partial charge in [-0.25, -0.2) is 15.0 Å². The average Bonchev–Trinajstić information content (AvgIpc) is 4.03. The van der Waals surface area contributed by atoms with E-state index in [2.05, 4.69) is 162 Å². The third kappa shape index (κ3) is 5.57. The first-order chi connectivity index (χ1) is 32.2. The second-order valence-corrected chi connectivity index (χ2v) is 16.8. The number of aromatic nitrogens is 4. The van der Waals surface area contributed by atoms with Crippen LogP contribution >= 0.6 is 0 Å². The molecule has 302 valence electrons. The van der Waals surface area contributed by atoms with Gasteiger partial charge in [0.1, 0.15) is 22.3 Å². The van der Waals surface area contributed by atoms with Crippen LogP contribution in [-0.2, 0) is 0 Å². The Morgan fingerprint density at radius 3 is 1.48 bits per heavy atom. The number of furan rings is 2. The van der Waals surface area contributed by atoms with Crippen LogP contribution in [-0.4, -0.2) is 19.5 Å². The second kappa shape index (κ2) is 13.8. The Balaban J connectivity index is 1.09. The van der Waals surface area contributed by atoms with Crippen molar-refractivity contribution in [3.05, 3.63) is 206 Å². The molecule has 0 aliphatic heterocycles. The molecule has 0 spiro atoms. The number of hydrogen-bond donors (Lipinski definition) is 0. The SMILES string of the molecule is c1ccc(-c2ccc(-c3nc(-c4ccc5oc6ccccc6c5c4)nc(-c4c(-n5c6cc7ccccc7cc6c6cc7ccccc7cc65)ccc5c4oc4ccccc45)n3)cc2)cc1. The van der Waals surface area contributed by atoms with Crippen molar-refractivity contribution >= 4 is 87.2 Å². The van der Waals surface area contributed by atoms with E-state index in [0.717, 1.165) is 104 Å². The van der Waals surface area contributed by atoms with Crippen molar-refractivity contribution < 1.29 is 8.83 Å². The van der Waals surface area contributed by atoms with Crippen LogP contribution in [0, 0.1) is 0 Å². The highest BCUT2D eigenvalue weighted by molar-refractivity contribution is 6.18. The van der Waals surface area contributed by atoms with E-state index in [1.807, 2.05) is 48.5 Å². The Morgan fingerprint density at radius 2 is 0.800 bits per heavy atom. The zero-order valence-electron chi connectivity index (χ0n) is 34.7. The molecule has 0 saturated heterocycles. The van der Waals surface area contributed by atoms with Crippen molar-refractivity contribution in [2.45, 2.75) is 0 Å². The van der Waals surface area contributed by atoms with Gasteiger partial charge in [-0.1, -0.05) is 140 Å². The molecular weight excluding hydrogens is 797 g/mol. The quantitative estimate of drug-likeness (QED) is 0.173. The molecule has 6 nitrogen and oxygen atoms in total. The first-order valence-corrected chi connectivity index (χ1v) is 21.8. The van der Waals surface area contributed by atoms with Crippen molar-refractivity contribution in [1.82, 2.24) is 19.5 Å². The van der Waals surface area contributed by atoms with E-state index in [4.69, 9.17) is 23.8 Å². The molecule has 0 atom stereocenters. The van der Waals surface area contributed by atoms with Gasteiger partial charge in [-0.3, -0.25) is 0 Å². The molecule has 6 heteroatoms. The summed E-state index contributed by atoms with van der Waals surface area (Å²) in [5.41, 5.74) is 11.0. The fourth-order valence-corrected chi connectivity index (χ4v) is 9.88. The molecule has 14 rings (SSSR count). The molecule has 0 saturated carbocycles. The maximum Gasteiger partial charge on any atom is 0.170 e. The van der Waals surface area contributed by atoms with Gasteiger partial charge in [-0.2, -0.15) is 0 Å². The number of para-hydroxylation sites is 2. The highest BCUT2D eigenvalue weighted by Crippen LogP contribution is 2.44. The van der Waals surface area contributed by atoms with Crippen molar-refractivity contribution in [1.29, 1.82) is 0 Å². The standard InChI is InChI=1S/C59H34N4O2/c1-2-12-35(13-3-1)36-22-24-37(25-23-36)57-60-58(42-26-29-54-48(32-42)44-19-9-10-20-52(44)64-54)62-59(61-57)55-49(28-27-45-43-18-8-11-21-53(43)65-56(45)55)63-50-33-40-16-6-4-14-38(40)30-46(50)47-31-39-15-5-7-17-41(39)34-51(47)63/h1-34H. The van der Waals surface area contributed by atoms with Crippen LogP contribution in [0.3, 0.4) is 0 Å². The lowest BCUT2D eigenvalue weighted by atomic mass is 10.0.